The summed E-state index contributed by atoms with van der Waals surface area (Å²) < 4.78 is 0. The van der Waals surface area contributed by atoms with Gasteiger partial charge in [-0.15, -0.1) is 11.3 Å². The first-order valence-corrected chi connectivity index (χ1v) is 8.17. The molecule has 0 spiro atoms. The van der Waals surface area contributed by atoms with E-state index < -0.39 is 0 Å². The molecule has 1 aromatic carbocycles. The van der Waals surface area contributed by atoms with E-state index in [1.165, 1.54) is 16.7 Å². The molecule has 0 aliphatic heterocycles. The zero-order chi connectivity index (χ0) is 15.6. The fourth-order valence-corrected chi connectivity index (χ4v) is 3.47. The van der Waals surface area contributed by atoms with Crippen LogP contribution in [-0.2, 0) is 11.8 Å². The highest BCUT2D eigenvalue weighted by molar-refractivity contribution is 7.09. The summed E-state index contributed by atoms with van der Waals surface area (Å²) in [6.07, 6.45) is 0.821. The SMILES string of the molecule is Cc1ccc(C(Cc2nc(C(C)(C)C)cs2)NN)c(C)c1. The normalized spacial score (nSPS) is 13.4. The van der Waals surface area contributed by atoms with E-state index >= 15 is 0 Å². The Kier molecular flexibility index (Phi) is 4.81. The Labute approximate surface area is 131 Å². The van der Waals surface area contributed by atoms with Gasteiger partial charge in [-0.1, -0.05) is 44.5 Å². The van der Waals surface area contributed by atoms with Crippen LogP contribution in [0.1, 0.15) is 54.2 Å². The summed E-state index contributed by atoms with van der Waals surface area (Å²) in [4.78, 5) is 4.76. The molecule has 0 amide bonds. The number of nitrogens with one attached hydrogen (secondary N) is 1. The summed E-state index contributed by atoms with van der Waals surface area (Å²) in [5.74, 6) is 5.78. The third-order valence-corrected chi connectivity index (χ3v) is 4.57. The molecule has 2 aromatic rings. The van der Waals surface area contributed by atoms with Gasteiger partial charge in [0.15, 0.2) is 0 Å². The van der Waals surface area contributed by atoms with E-state index in [2.05, 4.69) is 63.6 Å². The molecule has 0 aliphatic rings. The maximum atomic E-state index is 5.78. The number of aryl methyl sites for hydroxylation is 2. The molecule has 0 radical (unpaired) electrons. The number of nitrogens with zero attached hydrogens (tertiary/aromatic N) is 1. The van der Waals surface area contributed by atoms with Crippen LogP contribution >= 0.6 is 11.3 Å². The minimum atomic E-state index is 0.0974. The van der Waals surface area contributed by atoms with Crippen molar-refractivity contribution in [2.24, 2.45) is 5.84 Å². The van der Waals surface area contributed by atoms with Gasteiger partial charge in [-0.25, -0.2) is 4.98 Å². The van der Waals surface area contributed by atoms with Gasteiger partial charge in [0.2, 0.25) is 0 Å². The lowest BCUT2D eigenvalue weighted by molar-refractivity contribution is 0.539. The highest BCUT2D eigenvalue weighted by atomic mass is 32.1. The maximum absolute atomic E-state index is 5.78. The van der Waals surface area contributed by atoms with Gasteiger partial charge in [0.1, 0.15) is 0 Å². The lowest BCUT2D eigenvalue weighted by Gasteiger charge is -2.18. The van der Waals surface area contributed by atoms with Gasteiger partial charge < -0.3 is 0 Å². The van der Waals surface area contributed by atoms with Crippen LogP contribution in [0.2, 0.25) is 0 Å². The monoisotopic (exact) mass is 303 g/mol. The molecular formula is C17H25N3S. The molecule has 0 saturated heterocycles. The molecule has 0 fully saturated rings. The molecule has 2 rings (SSSR count). The molecule has 1 unspecified atom stereocenters. The van der Waals surface area contributed by atoms with Crippen molar-refractivity contribution in [2.75, 3.05) is 0 Å². The molecule has 3 N–H and O–H groups in total. The largest absolute Gasteiger partial charge is 0.271 e. The first-order valence-electron chi connectivity index (χ1n) is 7.29. The predicted octanol–water partition coefficient (Wildman–Crippen LogP) is 3.80. The second-order valence-corrected chi connectivity index (χ2v) is 7.60. The van der Waals surface area contributed by atoms with Crippen molar-refractivity contribution in [2.45, 2.75) is 52.5 Å². The van der Waals surface area contributed by atoms with Crippen LogP contribution < -0.4 is 11.3 Å². The first-order chi connectivity index (χ1) is 9.81. The molecule has 1 heterocycles. The van der Waals surface area contributed by atoms with Crippen LogP contribution in [-0.4, -0.2) is 4.98 Å². The minimum absolute atomic E-state index is 0.0974. The fourth-order valence-electron chi connectivity index (χ4n) is 2.40. The van der Waals surface area contributed by atoms with Crippen molar-refractivity contribution in [3.8, 4) is 0 Å². The molecule has 3 nitrogen and oxygen atoms in total. The second kappa shape index (κ2) is 6.26. The molecule has 4 heteroatoms. The number of aromatic nitrogens is 1. The van der Waals surface area contributed by atoms with E-state index in [0.717, 1.165) is 17.1 Å². The van der Waals surface area contributed by atoms with Crippen LogP contribution in [0, 0.1) is 13.8 Å². The van der Waals surface area contributed by atoms with Gasteiger partial charge in [0.25, 0.3) is 0 Å². The van der Waals surface area contributed by atoms with Gasteiger partial charge in [-0.3, -0.25) is 11.3 Å². The number of benzene rings is 1. The zero-order valence-electron chi connectivity index (χ0n) is 13.5. The van der Waals surface area contributed by atoms with E-state index in [1.54, 1.807) is 11.3 Å². The predicted molar refractivity (Wildman–Crippen MR) is 90.5 cm³/mol. The van der Waals surface area contributed by atoms with Crippen molar-refractivity contribution < 1.29 is 0 Å². The van der Waals surface area contributed by atoms with Crippen LogP contribution in [0.4, 0.5) is 0 Å². The van der Waals surface area contributed by atoms with Gasteiger partial charge in [-0.2, -0.15) is 0 Å². The second-order valence-electron chi connectivity index (χ2n) is 6.66. The highest BCUT2D eigenvalue weighted by Crippen LogP contribution is 2.27. The quantitative estimate of drug-likeness (QED) is 0.667. The van der Waals surface area contributed by atoms with E-state index in [-0.39, 0.29) is 11.5 Å². The Morgan fingerprint density at radius 3 is 2.52 bits per heavy atom. The van der Waals surface area contributed by atoms with Gasteiger partial charge in [0, 0.05) is 17.2 Å². The Morgan fingerprint density at radius 2 is 2.00 bits per heavy atom. The van der Waals surface area contributed by atoms with E-state index in [4.69, 9.17) is 10.8 Å². The van der Waals surface area contributed by atoms with E-state index in [1.807, 2.05) is 0 Å². The summed E-state index contributed by atoms with van der Waals surface area (Å²) in [5.41, 5.74) is 7.98. The van der Waals surface area contributed by atoms with E-state index in [0.29, 0.717) is 0 Å². The zero-order valence-corrected chi connectivity index (χ0v) is 14.3. The van der Waals surface area contributed by atoms with Crippen LogP contribution in [0.3, 0.4) is 0 Å². The number of rotatable bonds is 4. The Morgan fingerprint density at radius 1 is 1.29 bits per heavy atom. The summed E-state index contributed by atoms with van der Waals surface area (Å²) in [6, 6.07) is 6.59. The van der Waals surface area contributed by atoms with Crippen molar-refractivity contribution in [3.05, 3.63) is 51.0 Å². The van der Waals surface area contributed by atoms with Crippen molar-refractivity contribution in [1.29, 1.82) is 0 Å². The number of nitrogens with two attached hydrogens (primary N) is 1. The van der Waals surface area contributed by atoms with Crippen LogP contribution in [0.5, 0.6) is 0 Å². The van der Waals surface area contributed by atoms with Gasteiger partial charge in [0.05, 0.1) is 16.7 Å². The molecule has 0 aliphatic carbocycles. The molecule has 0 bridgehead atoms. The number of hydrogen-bond donors (Lipinski definition) is 2. The third-order valence-electron chi connectivity index (χ3n) is 3.70. The number of hydrazine groups is 1. The van der Waals surface area contributed by atoms with Crippen molar-refractivity contribution >= 4 is 11.3 Å². The summed E-state index contributed by atoms with van der Waals surface area (Å²) >= 11 is 1.72. The van der Waals surface area contributed by atoms with Crippen LogP contribution in [0.15, 0.2) is 23.6 Å². The van der Waals surface area contributed by atoms with Crippen LogP contribution in [0.25, 0.3) is 0 Å². The van der Waals surface area contributed by atoms with Gasteiger partial charge >= 0.3 is 0 Å². The average molecular weight is 303 g/mol. The topological polar surface area (TPSA) is 50.9 Å². The highest BCUT2D eigenvalue weighted by Gasteiger charge is 2.20. The van der Waals surface area contributed by atoms with Crippen molar-refractivity contribution in [3.63, 3.8) is 0 Å². The summed E-state index contributed by atoms with van der Waals surface area (Å²) in [6.45, 7) is 10.8. The molecule has 114 valence electrons. The maximum Gasteiger partial charge on any atom is 0.0948 e. The number of thiazole rings is 1. The average Bonchev–Trinajstić information content (AvgIpc) is 2.85. The fraction of sp³-hybridized carbons (Fsp3) is 0.471. The smallest absolute Gasteiger partial charge is 0.0948 e. The summed E-state index contributed by atoms with van der Waals surface area (Å²) in [5, 5.41) is 3.29. The van der Waals surface area contributed by atoms with E-state index in [9.17, 15) is 0 Å². The minimum Gasteiger partial charge on any atom is -0.271 e. The third kappa shape index (κ3) is 3.90. The summed E-state index contributed by atoms with van der Waals surface area (Å²) in [7, 11) is 0. The number of hydrogen-bond acceptors (Lipinski definition) is 4. The molecular weight excluding hydrogens is 278 g/mol. The Bertz CT molecular complexity index is 611. The molecule has 1 atom stereocenters. The van der Waals surface area contributed by atoms with Gasteiger partial charge in [-0.05, 0) is 25.0 Å². The lowest BCUT2D eigenvalue weighted by Crippen LogP contribution is -2.30. The van der Waals surface area contributed by atoms with Crippen molar-refractivity contribution in [1.82, 2.24) is 10.4 Å². The standard InChI is InChI=1S/C17H25N3S/c1-11-6-7-13(12(2)8-11)14(20-18)9-16-19-15(10-21-16)17(3,4)5/h6-8,10,14,20H,9,18H2,1-5H3. The first kappa shape index (κ1) is 16.1. The Hall–Kier alpha value is -1.23. The molecule has 1 aromatic heterocycles. The molecule has 21 heavy (non-hydrogen) atoms. The molecule has 0 saturated carbocycles. The lowest BCUT2D eigenvalue weighted by atomic mass is 9.93. The Balaban J connectivity index is 2.21.